The minimum absolute atomic E-state index is 0.213. The molecule has 45 heavy (non-hydrogen) atoms. The number of hydrogen-bond donors (Lipinski definition) is 0. The molecule has 0 rings (SSSR count). The Morgan fingerprint density at radius 1 is 0.356 bits per heavy atom. The second-order valence-corrected chi connectivity index (χ2v) is 13.8. The third-order valence-electron chi connectivity index (χ3n) is 8.81. The Bertz CT molecular complexity index is 548. The van der Waals surface area contributed by atoms with E-state index in [4.69, 9.17) is 37.4 Å². The van der Waals surface area contributed by atoms with E-state index in [1.165, 1.54) is 167 Å². The molecule has 0 saturated heterocycles. The summed E-state index contributed by atoms with van der Waals surface area (Å²) in [4.78, 5) is 0. The number of unbranched alkanes of at least 4 members (excludes halogenated alkanes) is 24. The van der Waals surface area contributed by atoms with Crippen LogP contribution in [0.1, 0.15) is 193 Å². The topological polar surface area (TPSA) is 27.7 Å². The largest absolute Gasteiger partial charge is 0.356 e. The van der Waals surface area contributed by atoms with E-state index in [1.54, 1.807) is 14.2 Å². The van der Waals surface area contributed by atoms with Gasteiger partial charge < -0.3 is 14.2 Å². The zero-order valence-corrected chi connectivity index (χ0v) is 31.6. The Morgan fingerprint density at radius 3 is 0.867 bits per heavy atom. The number of alkyl halides is 2. The van der Waals surface area contributed by atoms with E-state index in [-0.39, 0.29) is 12.6 Å². The Balaban J connectivity index is 3.60. The molecule has 0 bridgehead atoms. The van der Waals surface area contributed by atoms with Gasteiger partial charge in [0, 0.05) is 38.8 Å². The van der Waals surface area contributed by atoms with Crippen LogP contribution in [0.25, 0.3) is 0 Å². The molecular weight excluding hydrogens is 599 g/mol. The van der Waals surface area contributed by atoms with Crippen molar-refractivity contribution in [1.82, 2.24) is 0 Å². The van der Waals surface area contributed by atoms with E-state index in [2.05, 4.69) is 24.3 Å². The normalized spacial score (nSPS) is 13.4. The van der Waals surface area contributed by atoms with E-state index >= 15 is 0 Å². The van der Waals surface area contributed by atoms with Gasteiger partial charge in [-0.1, -0.05) is 153 Å². The van der Waals surface area contributed by atoms with Gasteiger partial charge in [-0.25, -0.2) is 0 Å². The van der Waals surface area contributed by atoms with E-state index < -0.39 is 0 Å². The summed E-state index contributed by atoms with van der Waals surface area (Å²) in [6.07, 6.45) is 47.6. The van der Waals surface area contributed by atoms with Gasteiger partial charge in [0.05, 0.1) is 0 Å². The summed E-state index contributed by atoms with van der Waals surface area (Å²) in [5.74, 6) is 1.65. The highest BCUT2D eigenvalue weighted by Gasteiger charge is 2.14. The first-order valence-corrected chi connectivity index (χ1v) is 20.5. The van der Waals surface area contributed by atoms with Gasteiger partial charge >= 0.3 is 0 Å². The van der Waals surface area contributed by atoms with Crippen LogP contribution in [-0.4, -0.2) is 38.6 Å². The molecule has 0 radical (unpaired) electrons. The van der Waals surface area contributed by atoms with Gasteiger partial charge in [0.15, 0.2) is 12.6 Å². The first-order valence-electron chi connectivity index (χ1n) is 19.4. The summed E-state index contributed by atoms with van der Waals surface area (Å²) < 4.78 is 17.3. The predicted molar refractivity (Wildman–Crippen MR) is 201 cm³/mol. The average Bonchev–Trinajstić information content (AvgIpc) is 3.06. The van der Waals surface area contributed by atoms with Crippen LogP contribution in [0.4, 0.5) is 0 Å². The number of allylic oxidation sites excluding steroid dienone is 4. The van der Waals surface area contributed by atoms with E-state index in [1.807, 2.05) is 0 Å². The Morgan fingerprint density at radius 2 is 0.600 bits per heavy atom. The number of hydrogen-bond acceptors (Lipinski definition) is 3. The van der Waals surface area contributed by atoms with Crippen LogP contribution in [-0.2, 0) is 14.2 Å². The molecule has 0 aromatic carbocycles. The van der Waals surface area contributed by atoms with Crippen molar-refractivity contribution in [2.45, 2.75) is 205 Å². The molecule has 0 spiro atoms. The first-order chi connectivity index (χ1) is 22.3. The van der Waals surface area contributed by atoms with Gasteiger partial charge in [-0.3, -0.25) is 0 Å². The Kier molecular flexibility index (Phi) is 40.1. The molecule has 2 unspecified atom stereocenters. The molecule has 2 atom stereocenters. The van der Waals surface area contributed by atoms with Crippen molar-refractivity contribution >= 4 is 23.2 Å². The van der Waals surface area contributed by atoms with Crippen LogP contribution in [0.15, 0.2) is 24.3 Å². The maximum Gasteiger partial charge on any atom is 0.160 e. The fourth-order valence-electron chi connectivity index (χ4n) is 5.84. The molecule has 0 N–H and O–H groups in total. The molecule has 0 heterocycles. The van der Waals surface area contributed by atoms with Gasteiger partial charge in [-0.05, 0) is 51.4 Å². The lowest BCUT2D eigenvalue weighted by Crippen LogP contribution is -2.25. The highest BCUT2D eigenvalue weighted by atomic mass is 35.5. The van der Waals surface area contributed by atoms with E-state index in [0.29, 0.717) is 0 Å². The molecule has 0 aromatic rings. The van der Waals surface area contributed by atoms with Crippen molar-refractivity contribution < 1.29 is 14.2 Å². The Labute approximate surface area is 292 Å². The quantitative estimate of drug-likeness (QED) is 0.0282. The first kappa shape index (κ1) is 44.9. The van der Waals surface area contributed by atoms with Gasteiger partial charge in [0.1, 0.15) is 0 Å². The molecule has 0 saturated carbocycles. The van der Waals surface area contributed by atoms with E-state index in [9.17, 15) is 0 Å². The summed E-state index contributed by atoms with van der Waals surface area (Å²) in [6, 6.07) is 0. The predicted octanol–water partition coefficient (Wildman–Crippen LogP) is 14.2. The zero-order valence-electron chi connectivity index (χ0n) is 30.1. The van der Waals surface area contributed by atoms with Crippen LogP contribution < -0.4 is 0 Å². The molecule has 0 aromatic heterocycles. The van der Waals surface area contributed by atoms with Gasteiger partial charge in [0.2, 0.25) is 0 Å². The van der Waals surface area contributed by atoms with Crippen LogP contribution in [0.2, 0.25) is 0 Å². The van der Waals surface area contributed by atoms with Crippen LogP contribution in [0, 0.1) is 0 Å². The maximum absolute atomic E-state index is 6.08. The average molecular weight is 676 g/mol. The van der Waals surface area contributed by atoms with Crippen molar-refractivity contribution in [3.05, 3.63) is 24.3 Å². The minimum atomic E-state index is -0.213. The van der Waals surface area contributed by atoms with Crippen LogP contribution in [0.5, 0.6) is 0 Å². The molecule has 268 valence electrons. The zero-order chi connectivity index (χ0) is 32.7. The summed E-state index contributed by atoms with van der Waals surface area (Å²) in [6.45, 7) is 0. The Hall–Kier alpha value is -0.0600. The van der Waals surface area contributed by atoms with Gasteiger partial charge in [-0.2, -0.15) is 0 Å². The number of rotatable bonds is 38. The van der Waals surface area contributed by atoms with Crippen molar-refractivity contribution in [3.8, 4) is 0 Å². The third kappa shape index (κ3) is 36.6. The fourth-order valence-corrected chi connectivity index (χ4v) is 6.22. The lowest BCUT2D eigenvalue weighted by molar-refractivity contribution is -0.232. The molecule has 0 fully saturated rings. The third-order valence-corrected chi connectivity index (χ3v) is 9.34. The molecule has 3 nitrogen and oxygen atoms in total. The molecule has 0 aliphatic heterocycles. The standard InChI is InChI=1S/C40H76Cl2O3/c1-43-39(35-31-27-23-19-15-11-7-3-5-9-13-17-21-25-29-33-37-41)45-40(44-2)36-32-28-24-20-16-12-8-4-6-10-14-18-22-26-30-34-38-42/h23-24,27-28,39-40H,3-22,25-26,29-38H2,1-2H3. The fraction of sp³-hybridized carbons (Fsp3) is 0.900. The van der Waals surface area contributed by atoms with Crippen molar-refractivity contribution in [1.29, 1.82) is 0 Å². The lowest BCUT2D eigenvalue weighted by atomic mass is 10.0. The molecule has 0 aliphatic rings. The van der Waals surface area contributed by atoms with Crippen molar-refractivity contribution in [2.75, 3.05) is 26.0 Å². The van der Waals surface area contributed by atoms with Crippen LogP contribution >= 0.6 is 23.2 Å². The lowest BCUT2D eigenvalue weighted by Gasteiger charge is -2.22. The second-order valence-electron chi connectivity index (χ2n) is 13.0. The molecule has 0 aliphatic carbocycles. The molecule has 5 heteroatoms. The SMILES string of the molecule is COC(CCC=CCCCCCCCCCCCCCCCl)OC(CCC=CCCCCCCCCCCCCCCCl)OC. The van der Waals surface area contributed by atoms with Crippen molar-refractivity contribution in [2.24, 2.45) is 0 Å². The summed E-state index contributed by atoms with van der Waals surface area (Å²) in [7, 11) is 3.46. The number of methoxy groups -OCH3 is 2. The summed E-state index contributed by atoms with van der Waals surface area (Å²) in [5, 5.41) is 0. The maximum atomic E-state index is 6.08. The van der Waals surface area contributed by atoms with Gasteiger partial charge in [0.25, 0.3) is 0 Å². The van der Waals surface area contributed by atoms with Gasteiger partial charge in [-0.15, -0.1) is 23.2 Å². The molecular formula is C40H76Cl2O3. The van der Waals surface area contributed by atoms with E-state index in [0.717, 1.165) is 37.4 Å². The number of ether oxygens (including phenoxy) is 3. The summed E-state index contributed by atoms with van der Waals surface area (Å²) >= 11 is 11.5. The minimum Gasteiger partial charge on any atom is -0.356 e. The highest BCUT2D eigenvalue weighted by molar-refractivity contribution is 6.18. The summed E-state index contributed by atoms with van der Waals surface area (Å²) in [5.41, 5.74) is 0. The van der Waals surface area contributed by atoms with Crippen molar-refractivity contribution in [3.63, 3.8) is 0 Å². The highest BCUT2D eigenvalue weighted by Crippen LogP contribution is 2.16. The number of halogens is 2. The second kappa shape index (κ2) is 40.1. The smallest absolute Gasteiger partial charge is 0.160 e. The monoisotopic (exact) mass is 675 g/mol. The molecule has 0 amide bonds. The van der Waals surface area contributed by atoms with Crippen LogP contribution in [0.3, 0.4) is 0 Å².